The summed E-state index contributed by atoms with van der Waals surface area (Å²) in [6.07, 6.45) is 0. The first-order valence-electron chi connectivity index (χ1n) is 8.10. The Balaban J connectivity index is 1.92. The lowest BCUT2D eigenvalue weighted by Crippen LogP contribution is -2.05. The molecule has 0 aromatic heterocycles. The molecule has 0 bridgehead atoms. The molecule has 0 unspecified atom stereocenters. The van der Waals surface area contributed by atoms with Crippen LogP contribution in [0.4, 0.5) is 5.69 Å². The summed E-state index contributed by atoms with van der Waals surface area (Å²) >= 11 is 0. The maximum absolute atomic E-state index is 5.76. The van der Waals surface area contributed by atoms with Gasteiger partial charge in [-0.15, -0.1) is 0 Å². The van der Waals surface area contributed by atoms with Crippen LogP contribution in [0.2, 0.25) is 0 Å². The Kier molecular flexibility index (Phi) is 5.88. The Morgan fingerprint density at radius 1 is 0.955 bits per heavy atom. The van der Waals surface area contributed by atoms with Crippen LogP contribution in [0.5, 0.6) is 5.75 Å². The predicted molar refractivity (Wildman–Crippen MR) is 94.6 cm³/mol. The highest BCUT2D eigenvalue weighted by molar-refractivity contribution is 5.48. The van der Waals surface area contributed by atoms with Crippen molar-refractivity contribution >= 4 is 5.69 Å². The lowest BCUT2D eigenvalue weighted by Gasteiger charge is -2.12. The minimum Gasteiger partial charge on any atom is -0.493 e. The molecule has 118 valence electrons. The Hall–Kier alpha value is -1.96. The SMILES string of the molecule is CC(C)COc1cccc(NCc2ccc(C(C)C)cc2)c1. The number of rotatable bonds is 7. The molecule has 2 nitrogen and oxygen atoms in total. The summed E-state index contributed by atoms with van der Waals surface area (Å²) in [6, 6.07) is 17.0. The van der Waals surface area contributed by atoms with E-state index in [1.807, 2.05) is 12.1 Å². The Bertz CT molecular complexity index is 573. The van der Waals surface area contributed by atoms with E-state index < -0.39 is 0 Å². The summed E-state index contributed by atoms with van der Waals surface area (Å²) in [5.74, 6) is 2.04. The molecule has 0 saturated carbocycles. The van der Waals surface area contributed by atoms with Crippen LogP contribution in [0.15, 0.2) is 48.5 Å². The van der Waals surface area contributed by atoms with Gasteiger partial charge in [0, 0.05) is 18.3 Å². The van der Waals surface area contributed by atoms with Gasteiger partial charge in [-0.05, 0) is 35.1 Å². The number of ether oxygens (including phenoxy) is 1. The van der Waals surface area contributed by atoms with Crippen LogP contribution in [-0.4, -0.2) is 6.61 Å². The molecular formula is C20H27NO. The smallest absolute Gasteiger partial charge is 0.121 e. The Morgan fingerprint density at radius 2 is 1.68 bits per heavy atom. The van der Waals surface area contributed by atoms with E-state index in [2.05, 4.69) is 69.4 Å². The summed E-state index contributed by atoms with van der Waals surface area (Å²) in [5, 5.41) is 3.46. The second-order valence-electron chi connectivity index (χ2n) is 6.48. The fourth-order valence-electron chi connectivity index (χ4n) is 2.18. The fourth-order valence-corrected chi connectivity index (χ4v) is 2.18. The summed E-state index contributed by atoms with van der Waals surface area (Å²) in [7, 11) is 0. The van der Waals surface area contributed by atoms with Crippen LogP contribution >= 0.6 is 0 Å². The molecule has 1 N–H and O–H groups in total. The largest absolute Gasteiger partial charge is 0.493 e. The quantitative estimate of drug-likeness (QED) is 0.733. The summed E-state index contributed by atoms with van der Waals surface area (Å²) in [5.41, 5.74) is 3.76. The molecule has 0 amide bonds. The van der Waals surface area contributed by atoms with Gasteiger partial charge in [0.1, 0.15) is 5.75 Å². The average Bonchev–Trinajstić information content (AvgIpc) is 2.52. The molecule has 2 heteroatoms. The van der Waals surface area contributed by atoms with Gasteiger partial charge in [0.15, 0.2) is 0 Å². The highest BCUT2D eigenvalue weighted by atomic mass is 16.5. The van der Waals surface area contributed by atoms with E-state index in [0.717, 1.165) is 24.6 Å². The number of anilines is 1. The molecular weight excluding hydrogens is 270 g/mol. The van der Waals surface area contributed by atoms with Crippen LogP contribution in [0.25, 0.3) is 0 Å². The molecule has 0 atom stereocenters. The molecule has 2 aromatic rings. The van der Waals surface area contributed by atoms with Gasteiger partial charge in [-0.3, -0.25) is 0 Å². The van der Waals surface area contributed by atoms with E-state index in [0.29, 0.717) is 11.8 Å². The Labute approximate surface area is 134 Å². The first-order chi connectivity index (χ1) is 10.5. The third kappa shape index (κ3) is 5.10. The van der Waals surface area contributed by atoms with Gasteiger partial charge in [-0.1, -0.05) is 58.0 Å². The van der Waals surface area contributed by atoms with Crippen molar-refractivity contribution in [3.63, 3.8) is 0 Å². The van der Waals surface area contributed by atoms with E-state index in [4.69, 9.17) is 4.74 Å². The fraction of sp³-hybridized carbons (Fsp3) is 0.400. The van der Waals surface area contributed by atoms with Gasteiger partial charge in [0.25, 0.3) is 0 Å². The zero-order valence-corrected chi connectivity index (χ0v) is 14.1. The van der Waals surface area contributed by atoms with Crippen molar-refractivity contribution < 1.29 is 4.74 Å². The van der Waals surface area contributed by atoms with Crippen molar-refractivity contribution in [2.45, 2.75) is 40.2 Å². The third-order valence-corrected chi connectivity index (χ3v) is 3.56. The lowest BCUT2D eigenvalue weighted by atomic mass is 10.0. The van der Waals surface area contributed by atoms with Crippen molar-refractivity contribution in [2.24, 2.45) is 5.92 Å². The van der Waals surface area contributed by atoms with Crippen molar-refractivity contribution in [1.82, 2.24) is 0 Å². The van der Waals surface area contributed by atoms with Crippen LogP contribution in [0.1, 0.15) is 44.7 Å². The van der Waals surface area contributed by atoms with Gasteiger partial charge < -0.3 is 10.1 Å². The zero-order chi connectivity index (χ0) is 15.9. The first kappa shape index (κ1) is 16.4. The summed E-state index contributed by atoms with van der Waals surface area (Å²) in [4.78, 5) is 0. The maximum Gasteiger partial charge on any atom is 0.121 e. The topological polar surface area (TPSA) is 21.3 Å². The first-order valence-corrected chi connectivity index (χ1v) is 8.10. The van der Waals surface area contributed by atoms with Crippen LogP contribution in [0, 0.1) is 5.92 Å². The lowest BCUT2D eigenvalue weighted by molar-refractivity contribution is 0.271. The molecule has 0 radical (unpaired) electrons. The van der Waals surface area contributed by atoms with Gasteiger partial charge in [0.05, 0.1) is 6.61 Å². The highest BCUT2D eigenvalue weighted by Gasteiger charge is 2.01. The van der Waals surface area contributed by atoms with Crippen LogP contribution < -0.4 is 10.1 Å². The molecule has 0 saturated heterocycles. The summed E-state index contributed by atoms with van der Waals surface area (Å²) in [6.45, 7) is 10.3. The standard InChI is InChI=1S/C20H27NO/c1-15(2)14-22-20-7-5-6-19(12-20)21-13-17-8-10-18(11-9-17)16(3)4/h5-12,15-16,21H,13-14H2,1-4H3. The van der Waals surface area contributed by atoms with Crippen LogP contribution in [0.3, 0.4) is 0 Å². The second-order valence-corrected chi connectivity index (χ2v) is 6.48. The Morgan fingerprint density at radius 3 is 2.32 bits per heavy atom. The molecule has 0 aliphatic heterocycles. The second kappa shape index (κ2) is 7.88. The number of hydrogen-bond acceptors (Lipinski definition) is 2. The van der Waals surface area contributed by atoms with E-state index in [1.54, 1.807) is 0 Å². The molecule has 22 heavy (non-hydrogen) atoms. The van der Waals surface area contributed by atoms with E-state index >= 15 is 0 Å². The monoisotopic (exact) mass is 297 g/mol. The minimum absolute atomic E-state index is 0.538. The van der Waals surface area contributed by atoms with Crippen molar-refractivity contribution in [2.75, 3.05) is 11.9 Å². The average molecular weight is 297 g/mol. The molecule has 2 rings (SSSR count). The number of benzene rings is 2. The summed E-state index contributed by atoms with van der Waals surface area (Å²) < 4.78 is 5.76. The molecule has 2 aromatic carbocycles. The molecule has 0 spiro atoms. The van der Waals surface area contributed by atoms with Gasteiger partial charge in [-0.25, -0.2) is 0 Å². The normalized spacial score (nSPS) is 11.0. The van der Waals surface area contributed by atoms with E-state index in [-0.39, 0.29) is 0 Å². The third-order valence-electron chi connectivity index (χ3n) is 3.56. The molecule has 0 aliphatic carbocycles. The van der Waals surface area contributed by atoms with Gasteiger partial charge in [0.2, 0.25) is 0 Å². The molecule has 0 heterocycles. The maximum atomic E-state index is 5.76. The zero-order valence-electron chi connectivity index (χ0n) is 14.1. The van der Waals surface area contributed by atoms with Crippen LogP contribution in [-0.2, 0) is 6.54 Å². The minimum atomic E-state index is 0.538. The van der Waals surface area contributed by atoms with Gasteiger partial charge in [-0.2, -0.15) is 0 Å². The molecule has 0 aliphatic rings. The highest BCUT2D eigenvalue weighted by Crippen LogP contribution is 2.19. The number of hydrogen-bond donors (Lipinski definition) is 1. The van der Waals surface area contributed by atoms with Crippen molar-refractivity contribution in [3.8, 4) is 5.75 Å². The van der Waals surface area contributed by atoms with Crippen molar-refractivity contribution in [3.05, 3.63) is 59.7 Å². The number of nitrogens with one attached hydrogen (secondary N) is 1. The van der Waals surface area contributed by atoms with E-state index in [9.17, 15) is 0 Å². The predicted octanol–water partition coefficient (Wildman–Crippen LogP) is 5.46. The van der Waals surface area contributed by atoms with E-state index in [1.165, 1.54) is 11.1 Å². The molecule has 0 fully saturated rings. The van der Waals surface area contributed by atoms with Crippen molar-refractivity contribution in [1.29, 1.82) is 0 Å². The van der Waals surface area contributed by atoms with Gasteiger partial charge >= 0.3 is 0 Å².